The third-order valence-electron chi connectivity index (χ3n) is 4.46. The Bertz CT molecular complexity index is 852. The largest absolute Gasteiger partial charge is 0.466 e. The molecule has 1 aliphatic heterocycles. The lowest BCUT2D eigenvalue weighted by Gasteiger charge is -2.22. The van der Waals surface area contributed by atoms with Crippen LogP contribution in [-0.2, 0) is 29.6 Å². The van der Waals surface area contributed by atoms with Crippen LogP contribution in [0.5, 0.6) is 0 Å². The van der Waals surface area contributed by atoms with E-state index >= 15 is 0 Å². The summed E-state index contributed by atoms with van der Waals surface area (Å²) in [6.45, 7) is 6.32. The normalized spacial score (nSPS) is 16.6. The molecule has 5 nitrogen and oxygen atoms in total. The number of carbonyl (C=O) groups excluding carboxylic acids is 1. The van der Waals surface area contributed by atoms with E-state index in [2.05, 4.69) is 6.58 Å². The van der Waals surface area contributed by atoms with Crippen LogP contribution in [0.4, 0.5) is 0 Å². The first-order chi connectivity index (χ1) is 13.0. The highest BCUT2D eigenvalue weighted by molar-refractivity contribution is 7.58. The molecule has 1 saturated heterocycles. The van der Waals surface area contributed by atoms with Gasteiger partial charge >= 0.3 is 13.6 Å². The van der Waals surface area contributed by atoms with Crippen molar-refractivity contribution in [3.8, 4) is 11.1 Å². The van der Waals surface area contributed by atoms with Gasteiger partial charge in [-0.25, -0.2) is 0 Å². The number of esters is 1. The zero-order chi connectivity index (χ0) is 19.3. The molecule has 1 atom stereocenters. The molecule has 1 aliphatic rings. The molecular formula is C21H23O5P. The first-order valence-electron chi connectivity index (χ1n) is 8.93. The Hall–Kier alpha value is -2.20. The van der Waals surface area contributed by atoms with Gasteiger partial charge in [-0.2, -0.15) is 0 Å². The first-order valence-corrected chi connectivity index (χ1v) is 10.5. The van der Waals surface area contributed by atoms with E-state index in [1.165, 1.54) is 0 Å². The molecule has 2 aromatic carbocycles. The van der Waals surface area contributed by atoms with Crippen LogP contribution in [0.15, 0.2) is 66.5 Å². The molecule has 0 aliphatic carbocycles. The van der Waals surface area contributed by atoms with Crippen molar-refractivity contribution >= 4 is 13.6 Å². The molecule has 0 aromatic heterocycles. The number of ether oxygens (including phenoxy) is 1. The molecular weight excluding hydrogens is 363 g/mol. The molecule has 0 amide bonds. The topological polar surface area (TPSA) is 61.8 Å². The molecule has 0 N–H and O–H groups in total. The van der Waals surface area contributed by atoms with E-state index in [4.69, 9.17) is 13.8 Å². The lowest BCUT2D eigenvalue weighted by Crippen LogP contribution is -2.22. The quantitative estimate of drug-likeness (QED) is 0.504. The minimum Gasteiger partial charge on any atom is -0.466 e. The molecule has 0 spiro atoms. The monoisotopic (exact) mass is 386 g/mol. The van der Waals surface area contributed by atoms with Gasteiger partial charge in [-0.1, -0.05) is 61.2 Å². The van der Waals surface area contributed by atoms with E-state index in [9.17, 15) is 9.36 Å². The minimum atomic E-state index is -3.51. The average Bonchev–Trinajstić information content (AvgIpc) is 3.14. The fourth-order valence-electron chi connectivity index (χ4n) is 3.11. The van der Waals surface area contributed by atoms with Gasteiger partial charge in [0.15, 0.2) is 0 Å². The summed E-state index contributed by atoms with van der Waals surface area (Å²) < 4.78 is 28.7. The molecule has 0 saturated carbocycles. The van der Waals surface area contributed by atoms with Crippen molar-refractivity contribution in [2.75, 3.05) is 19.8 Å². The van der Waals surface area contributed by atoms with Crippen LogP contribution in [0.25, 0.3) is 11.1 Å². The average molecular weight is 386 g/mol. The van der Waals surface area contributed by atoms with E-state index < -0.39 is 19.5 Å². The number of hydrogen-bond acceptors (Lipinski definition) is 5. The molecule has 1 heterocycles. The predicted octanol–water partition coefficient (Wildman–Crippen LogP) is 4.83. The van der Waals surface area contributed by atoms with Crippen molar-refractivity contribution in [1.29, 1.82) is 0 Å². The number of carbonyl (C=O) groups is 1. The fourth-order valence-corrected chi connectivity index (χ4v) is 4.72. The van der Waals surface area contributed by atoms with Crippen LogP contribution in [-0.4, -0.2) is 25.8 Å². The first kappa shape index (κ1) is 19.6. The van der Waals surface area contributed by atoms with Crippen LogP contribution in [0.2, 0.25) is 0 Å². The summed E-state index contributed by atoms with van der Waals surface area (Å²) >= 11 is 0. The van der Waals surface area contributed by atoms with Gasteiger partial charge in [0.1, 0.15) is 0 Å². The summed E-state index contributed by atoms with van der Waals surface area (Å²) in [4.78, 5) is 12.6. The standard InChI is InChI=1S/C21H23O5P/c1-3-24-21(22)20(16(2)27(23)25-13-14-26-27)15-18-11-7-8-12-19(18)17-9-5-4-6-10-17/h4-12,20H,2-3,13-15H2,1H3. The number of benzene rings is 2. The van der Waals surface area contributed by atoms with Crippen LogP contribution in [0.1, 0.15) is 12.5 Å². The SMILES string of the molecule is C=C(C(Cc1ccccc1-c1ccccc1)C(=O)OCC)P1(=O)OCCO1. The van der Waals surface area contributed by atoms with Gasteiger partial charge < -0.3 is 13.8 Å². The second-order valence-electron chi connectivity index (χ2n) is 6.19. The Morgan fingerprint density at radius 2 is 1.74 bits per heavy atom. The highest BCUT2D eigenvalue weighted by Gasteiger charge is 2.41. The Balaban J connectivity index is 1.95. The lowest BCUT2D eigenvalue weighted by molar-refractivity contribution is -0.146. The molecule has 1 fully saturated rings. The van der Waals surface area contributed by atoms with Gasteiger partial charge in [0.05, 0.1) is 25.7 Å². The smallest absolute Gasteiger partial charge is 0.357 e. The Labute approximate surface area is 159 Å². The van der Waals surface area contributed by atoms with Crippen molar-refractivity contribution < 1.29 is 23.1 Å². The number of rotatable bonds is 7. The summed E-state index contributed by atoms with van der Waals surface area (Å²) in [7, 11) is -3.51. The van der Waals surface area contributed by atoms with E-state index in [1.54, 1.807) is 6.92 Å². The van der Waals surface area contributed by atoms with E-state index in [-0.39, 0.29) is 25.1 Å². The van der Waals surface area contributed by atoms with Crippen molar-refractivity contribution in [1.82, 2.24) is 0 Å². The van der Waals surface area contributed by atoms with Crippen LogP contribution >= 0.6 is 7.60 Å². The summed E-state index contributed by atoms with van der Waals surface area (Å²) in [6, 6.07) is 17.7. The van der Waals surface area contributed by atoms with Gasteiger partial charge in [0.2, 0.25) is 0 Å². The van der Waals surface area contributed by atoms with Gasteiger partial charge in [-0.15, -0.1) is 0 Å². The second kappa shape index (κ2) is 8.66. The Kier molecular flexibility index (Phi) is 6.27. The van der Waals surface area contributed by atoms with E-state index in [0.717, 1.165) is 16.7 Å². The molecule has 3 rings (SSSR count). The van der Waals surface area contributed by atoms with Gasteiger partial charge in [0.25, 0.3) is 0 Å². The zero-order valence-corrected chi connectivity index (χ0v) is 16.2. The van der Waals surface area contributed by atoms with Crippen molar-refractivity contribution in [2.45, 2.75) is 13.3 Å². The second-order valence-corrected chi connectivity index (χ2v) is 8.27. The van der Waals surface area contributed by atoms with Gasteiger partial charge in [-0.05, 0) is 30.0 Å². The molecule has 6 heteroatoms. The highest BCUT2D eigenvalue weighted by atomic mass is 31.2. The van der Waals surface area contributed by atoms with Crippen LogP contribution in [0.3, 0.4) is 0 Å². The number of hydrogen-bond donors (Lipinski definition) is 0. The van der Waals surface area contributed by atoms with Gasteiger partial charge in [-0.3, -0.25) is 9.36 Å². The van der Waals surface area contributed by atoms with E-state index in [1.807, 2.05) is 54.6 Å². The summed E-state index contributed by atoms with van der Waals surface area (Å²) in [5.74, 6) is -1.28. The van der Waals surface area contributed by atoms with Crippen LogP contribution in [0, 0.1) is 5.92 Å². The molecule has 142 valence electrons. The molecule has 0 bridgehead atoms. The Morgan fingerprint density at radius 3 is 2.41 bits per heavy atom. The van der Waals surface area contributed by atoms with Gasteiger partial charge in [0, 0.05) is 5.31 Å². The predicted molar refractivity (Wildman–Crippen MR) is 104 cm³/mol. The summed E-state index contributed by atoms with van der Waals surface area (Å²) in [5.41, 5.74) is 2.99. The van der Waals surface area contributed by atoms with Crippen molar-refractivity contribution in [3.63, 3.8) is 0 Å². The lowest BCUT2D eigenvalue weighted by atomic mass is 9.92. The van der Waals surface area contributed by atoms with Crippen molar-refractivity contribution in [2.24, 2.45) is 5.92 Å². The van der Waals surface area contributed by atoms with E-state index in [0.29, 0.717) is 6.42 Å². The molecule has 2 aromatic rings. The maximum absolute atomic E-state index is 12.9. The fraction of sp³-hybridized carbons (Fsp3) is 0.286. The summed E-state index contributed by atoms with van der Waals surface area (Å²) in [5, 5.41) is 0.154. The zero-order valence-electron chi connectivity index (χ0n) is 15.3. The summed E-state index contributed by atoms with van der Waals surface area (Å²) in [6.07, 6.45) is 0.305. The Morgan fingerprint density at radius 1 is 1.11 bits per heavy atom. The maximum Gasteiger partial charge on any atom is 0.357 e. The third-order valence-corrected chi connectivity index (χ3v) is 6.52. The third kappa shape index (κ3) is 4.38. The molecule has 1 unspecified atom stereocenters. The molecule has 0 radical (unpaired) electrons. The van der Waals surface area contributed by atoms with Crippen LogP contribution < -0.4 is 0 Å². The highest BCUT2D eigenvalue weighted by Crippen LogP contribution is 2.61. The maximum atomic E-state index is 12.9. The van der Waals surface area contributed by atoms with Crippen molar-refractivity contribution in [3.05, 3.63) is 72.1 Å². The minimum absolute atomic E-state index is 0.154. The molecule has 27 heavy (non-hydrogen) atoms.